The van der Waals surface area contributed by atoms with Crippen molar-refractivity contribution in [3.8, 4) is 11.5 Å². The molecule has 0 aliphatic carbocycles. The highest BCUT2D eigenvalue weighted by molar-refractivity contribution is 6.22. The maximum absolute atomic E-state index is 13.1. The van der Waals surface area contributed by atoms with Crippen molar-refractivity contribution in [3.63, 3.8) is 0 Å². The van der Waals surface area contributed by atoms with Gasteiger partial charge in [0, 0.05) is 5.56 Å². The smallest absolute Gasteiger partial charge is 0.347 e. The Balaban J connectivity index is 1.57. The molecule has 1 aromatic heterocycles. The van der Waals surface area contributed by atoms with E-state index < -0.39 is 11.7 Å². The summed E-state index contributed by atoms with van der Waals surface area (Å²) in [6.45, 7) is 1.82. The molecule has 30 heavy (non-hydrogen) atoms. The quantitative estimate of drug-likeness (QED) is 0.485. The number of amides is 2. The molecule has 2 amide bonds. The van der Waals surface area contributed by atoms with E-state index in [0.29, 0.717) is 22.0 Å². The molecule has 0 radical (unpaired) electrons. The van der Waals surface area contributed by atoms with E-state index in [1.54, 1.807) is 42.5 Å². The minimum absolute atomic E-state index is 0.108. The predicted molar refractivity (Wildman–Crippen MR) is 111 cm³/mol. The van der Waals surface area contributed by atoms with Gasteiger partial charge >= 0.3 is 5.63 Å². The maximum atomic E-state index is 13.1. The van der Waals surface area contributed by atoms with E-state index in [0.717, 1.165) is 5.56 Å². The molecule has 2 heterocycles. The van der Waals surface area contributed by atoms with Crippen LogP contribution in [0.4, 0.5) is 0 Å². The van der Waals surface area contributed by atoms with E-state index in [9.17, 15) is 14.4 Å². The average molecular weight is 396 g/mol. The third-order valence-electron chi connectivity index (χ3n) is 5.37. The molecule has 0 saturated carbocycles. The minimum atomic E-state index is -0.502. The molecule has 1 aliphatic heterocycles. The van der Waals surface area contributed by atoms with Gasteiger partial charge < -0.3 is 4.42 Å². The van der Waals surface area contributed by atoms with Gasteiger partial charge in [-0.25, -0.2) is 9.78 Å². The van der Waals surface area contributed by atoms with E-state index in [-0.39, 0.29) is 23.3 Å². The Hall–Kier alpha value is -4.06. The SMILES string of the molecule is C[C@H](c1ccccc1)N1C(=O)c2ccc(-c3nc4ccccc4c(=O)o3)cc2C1=O. The predicted octanol–water partition coefficient (Wildman–Crippen LogP) is 4.21. The summed E-state index contributed by atoms with van der Waals surface area (Å²) < 4.78 is 5.37. The van der Waals surface area contributed by atoms with Crippen LogP contribution in [-0.2, 0) is 0 Å². The van der Waals surface area contributed by atoms with E-state index in [1.165, 1.54) is 4.90 Å². The fourth-order valence-corrected chi connectivity index (χ4v) is 3.77. The van der Waals surface area contributed by atoms with E-state index in [2.05, 4.69) is 4.98 Å². The molecule has 3 aromatic carbocycles. The molecule has 1 atom stereocenters. The number of hydrogen-bond donors (Lipinski definition) is 0. The van der Waals surface area contributed by atoms with Gasteiger partial charge in [-0.2, -0.15) is 0 Å². The Morgan fingerprint density at radius 1 is 0.833 bits per heavy atom. The summed E-state index contributed by atoms with van der Waals surface area (Å²) >= 11 is 0. The molecular formula is C24H16N2O4. The number of benzene rings is 3. The lowest BCUT2D eigenvalue weighted by atomic mass is 10.1. The highest BCUT2D eigenvalue weighted by Gasteiger charge is 2.39. The summed E-state index contributed by atoms with van der Waals surface area (Å²) in [5.41, 5.74) is 1.94. The third kappa shape index (κ3) is 2.73. The molecule has 6 heteroatoms. The molecule has 0 spiro atoms. The number of hydrogen-bond acceptors (Lipinski definition) is 5. The number of nitrogens with zero attached hydrogens (tertiary/aromatic N) is 2. The van der Waals surface area contributed by atoms with Crippen molar-refractivity contribution >= 4 is 22.7 Å². The van der Waals surface area contributed by atoms with Crippen molar-refractivity contribution in [1.82, 2.24) is 9.88 Å². The number of fused-ring (bicyclic) bond motifs is 2. The van der Waals surface area contributed by atoms with Crippen molar-refractivity contribution in [3.05, 3.63) is 99.9 Å². The summed E-state index contributed by atoms with van der Waals surface area (Å²) in [5.74, 6) is -0.613. The number of carbonyl (C=O) groups is 2. The number of imide groups is 1. The molecule has 146 valence electrons. The molecule has 0 bridgehead atoms. The lowest BCUT2D eigenvalue weighted by molar-refractivity contribution is 0.0595. The fraction of sp³-hybridized carbons (Fsp3) is 0.0833. The molecule has 5 rings (SSSR count). The van der Waals surface area contributed by atoms with Gasteiger partial charge in [0.1, 0.15) is 0 Å². The molecule has 1 aliphatic rings. The molecule has 0 fully saturated rings. The molecule has 0 N–H and O–H groups in total. The first-order valence-electron chi connectivity index (χ1n) is 9.52. The Labute approximate surface area is 171 Å². The topological polar surface area (TPSA) is 80.5 Å². The lowest BCUT2D eigenvalue weighted by Crippen LogP contribution is -2.32. The van der Waals surface area contributed by atoms with Gasteiger partial charge in [0.2, 0.25) is 5.89 Å². The van der Waals surface area contributed by atoms with Crippen molar-refractivity contribution < 1.29 is 14.0 Å². The summed E-state index contributed by atoms with van der Waals surface area (Å²) in [6, 6.07) is 20.7. The van der Waals surface area contributed by atoms with Crippen molar-refractivity contribution in [2.24, 2.45) is 0 Å². The number of rotatable bonds is 3. The molecular weight excluding hydrogens is 380 g/mol. The van der Waals surface area contributed by atoms with Gasteiger partial charge in [-0.1, -0.05) is 42.5 Å². The van der Waals surface area contributed by atoms with Crippen LogP contribution < -0.4 is 5.63 Å². The van der Waals surface area contributed by atoms with Crippen LogP contribution in [0.5, 0.6) is 0 Å². The van der Waals surface area contributed by atoms with Gasteiger partial charge in [-0.3, -0.25) is 14.5 Å². The van der Waals surface area contributed by atoms with Crippen LogP contribution in [0.25, 0.3) is 22.4 Å². The highest BCUT2D eigenvalue weighted by atomic mass is 16.4. The van der Waals surface area contributed by atoms with Crippen molar-refractivity contribution in [2.45, 2.75) is 13.0 Å². The summed E-state index contributed by atoms with van der Waals surface area (Å²) in [7, 11) is 0. The van der Waals surface area contributed by atoms with Crippen molar-refractivity contribution in [1.29, 1.82) is 0 Å². The Morgan fingerprint density at radius 3 is 2.33 bits per heavy atom. The third-order valence-corrected chi connectivity index (χ3v) is 5.37. The Bertz CT molecular complexity index is 1380. The monoisotopic (exact) mass is 396 g/mol. The molecule has 4 aromatic rings. The van der Waals surface area contributed by atoms with Crippen LogP contribution in [0.3, 0.4) is 0 Å². The average Bonchev–Trinajstić information content (AvgIpc) is 3.03. The zero-order chi connectivity index (χ0) is 20.8. The largest absolute Gasteiger partial charge is 0.403 e. The standard InChI is InChI=1S/C24H16N2O4/c1-14(15-7-3-2-4-8-15)26-22(27)17-12-11-16(13-19(17)23(26)28)21-25-20-10-6-5-9-18(20)24(29)30-21/h2-14H,1H3/t14-/m1/s1. The first-order chi connectivity index (χ1) is 14.5. The van der Waals surface area contributed by atoms with Crippen LogP contribution in [-0.4, -0.2) is 21.7 Å². The molecule has 6 nitrogen and oxygen atoms in total. The number of para-hydroxylation sites is 1. The summed E-state index contributed by atoms with van der Waals surface area (Å²) in [6.07, 6.45) is 0. The van der Waals surface area contributed by atoms with Gasteiger partial charge in [-0.05, 0) is 42.8 Å². The summed E-state index contributed by atoms with van der Waals surface area (Å²) in [5, 5.41) is 0.386. The minimum Gasteiger partial charge on any atom is -0.403 e. The number of carbonyl (C=O) groups excluding carboxylic acids is 2. The lowest BCUT2D eigenvalue weighted by Gasteiger charge is -2.22. The van der Waals surface area contributed by atoms with Gasteiger partial charge in [0.25, 0.3) is 11.8 Å². The van der Waals surface area contributed by atoms with Crippen molar-refractivity contribution in [2.75, 3.05) is 0 Å². The Morgan fingerprint density at radius 2 is 1.53 bits per heavy atom. The maximum Gasteiger partial charge on any atom is 0.347 e. The first kappa shape index (κ1) is 18.0. The molecule has 0 saturated heterocycles. The Kier molecular flexibility index (Phi) is 4.06. The van der Waals surface area contributed by atoms with E-state index >= 15 is 0 Å². The summed E-state index contributed by atoms with van der Waals surface area (Å²) in [4.78, 5) is 43.9. The van der Waals surface area contributed by atoms with Gasteiger partial charge in [0.05, 0.1) is 28.1 Å². The second-order valence-electron chi connectivity index (χ2n) is 7.15. The normalized spacial score (nSPS) is 14.2. The van der Waals surface area contributed by atoms with Crippen LogP contribution >= 0.6 is 0 Å². The second-order valence-corrected chi connectivity index (χ2v) is 7.15. The van der Waals surface area contributed by atoms with Crippen LogP contribution in [0, 0.1) is 0 Å². The van der Waals surface area contributed by atoms with Crippen LogP contribution in [0.1, 0.15) is 39.2 Å². The number of aromatic nitrogens is 1. The first-order valence-corrected chi connectivity index (χ1v) is 9.52. The fourth-order valence-electron chi connectivity index (χ4n) is 3.77. The van der Waals surface area contributed by atoms with Gasteiger partial charge in [-0.15, -0.1) is 0 Å². The van der Waals surface area contributed by atoms with Crippen LogP contribution in [0.15, 0.2) is 82.0 Å². The zero-order valence-electron chi connectivity index (χ0n) is 16.0. The van der Waals surface area contributed by atoms with Gasteiger partial charge in [0.15, 0.2) is 0 Å². The molecule has 0 unspecified atom stereocenters. The van der Waals surface area contributed by atoms with Crippen LogP contribution in [0.2, 0.25) is 0 Å². The second kappa shape index (κ2) is 6.77. The van der Waals surface area contributed by atoms with E-state index in [4.69, 9.17) is 4.42 Å². The zero-order valence-corrected chi connectivity index (χ0v) is 16.0. The van der Waals surface area contributed by atoms with E-state index in [1.807, 2.05) is 37.3 Å². The highest BCUT2D eigenvalue weighted by Crippen LogP contribution is 2.33.